The highest BCUT2D eigenvalue weighted by Crippen LogP contribution is 2.19. The van der Waals surface area contributed by atoms with Crippen molar-refractivity contribution in [1.29, 1.82) is 5.26 Å². The quantitative estimate of drug-likeness (QED) is 0.374. The van der Waals surface area contributed by atoms with Crippen LogP contribution < -0.4 is 16.0 Å². The number of nitriles is 1. The van der Waals surface area contributed by atoms with Crippen LogP contribution in [0.4, 0.5) is 11.4 Å². The summed E-state index contributed by atoms with van der Waals surface area (Å²) >= 11 is 5.92. The summed E-state index contributed by atoms with van der Waals surface area (Å²) in [7, 11) is 0. The van der Waals surface area contributed by atoms with E-state index in [9.17, 15) is 24.3 Å². The Bertz CT molecular complexity index is 1320. The maximum absolute atomic E-state index is 13.0. The molecule has 0 saturated heterocycles. The predicted octanol–water partition coefficient (Wildman–Crippen LogP) is 3.21. The molecule has 3 aromatic carbocycles. The summed E-state index contributed by atoms with van der Waals surface area (Å²) in [6.45, 7) is 0. The average molecular weight is 491 g/mol. The molecule has 3 aromatic rings. The maximum Gasteiger partial charge on any atom is 0.337 e. The van der Waals surface area contributed by atoms with Crippen molar-refractivity contribution in [3.8, 4) is 6.07 Å². The van der Waals surface area contributed by atoms with Crippen LogP contribution in [0.15, 0.2) is 72.8 Å². The van der Waals surface area contributed by atoms with E-state index >= 15 is 0 Å². The van der Waals surface area contributed by atoms with Crippen LogP contribution in [-0.4, -0.2) is 34.8 Å². The van der Waals surface area contributed by atoms with Crippen molar-refractivity contribution in [2.75, 3.05) is 10.6 Å². The van der Waals surface area contributed by atoms with Crippen molar-refractivity contribution < 1.29 is 24.3 Å². The van der Waals surface area contributed by atoms with Crippen LogP contribution in [0.3, 0.4) is 0 Å². The van der Waals surface area contributed by atoms with Crippen molar-refractivity contribution in [1.82, 2.24) is 5.32 Å². The van der Waals surface area contributed by atoms with Crippen molar-refractivity contribution in [3.05, 3.63) is 94.5 Å². The number of hydrogen-bond acceptors (Lipinski definition) is 5. The molecule has 0 heterocycles. The van der Waals surface area contributed by atoms with E-state index in [0.29, 0.717) is 5.56 Å². The zero-order valence-corrected chi connectivity index (χ0v) is 18.9. The molecule has 35 heavy (non-hydrogen) atoms. The number of rotatable bonds is 7. The lowest BCUT2D eigenvalue weighted by atomic mass is 10.0. The van der Waals surface area contributed by atoms with Gasteiger partial charge in [-0.25, -0.2) is 4.79 Å². The molecule has 10 heteroatoms. The second-order valence-electron chi connectivity index (χ2n) is 7.35. The highest BCUT2D eigenvalue weighted by molar-refractivity contribution is 6.40. The Hall–Kier alpha value is -4.68. The second kappa shape index (κ2) is 11.4. The molecule has 1 unspecified atom stereocenters. The van der Waals surface area contributed by atoms with Gasteiger partial charge in [-0.05, 0) is 35.9 Å². The summed E-state index contributed by atoms with van der Waals surface area (Å²) in [5.74, 6) is -4.13. The van der Waals surface area contributed by atoms with Gasteiger partial charge in [-0.3, -0.25) is 14.4 Å². The number of hydrogen-bond donors (Lipinski definition) is 4. The van der Waals surface area contributed by atoms with Crippen molar-refractivity contribution in [2.24, 2.45) is 0 Å². The van der Waals surface area contributed by atoms with E-state index in [1.807, 2.05) is 6.07 Å². The predicted molar refractivity (Wildman–Crippen MR) is 129 cm³/mol. The summed E-state index contributed by atoms with van der Waals surface area (Å²) in [6.07, 6.45) is 0.0384. The fraction of sp³-hybridized carbons (Fsp3) is 0.0800. The molecule has 0 aliphatic carbocycles. The number of anilines is 2. The van der Waals surface area contributed by atoms with Crippen LogP contribution in [-0.2, 0) is 20.8 Å². The van der Waals surface area contributed by atoms with Gasteiger partial charge >= 0.3 is 17.8 Å². The van der Waals surface area contributed by atoms with Crippen molar-refractivity contribution in [2.45, 2.75) is 12.5 Å². The lowest BCUT2D eigenvalue weighted by Gasteiger charge is -2.19. The number of nitrogens with one attached hydrogen (secondary N) is 3. The standard InChI is InChI=1S/C25H19ClN4O5/c26-17-10-16(14-27)11-18(13-17)28-23(32)24(33)30-21(12-15-6-2-1-3-7-15)22(31)29-20-9-5-4-8-19(20)25(34)35/h1-11,13,21H,12H2,(H,28,32)(H,29,31)(H,30,33)(H,34,35). The number of amides is 3. The first-order valence-corrected chi connectivity index (χ1v) is 10.6. The Balaban J connectivity index is 1.79. The van der Waals surface area contributed by atoms with E-state index in [4.69, 9.17) is 16.9 Å². The van der Waals surface area contributed by atoms with Crippen molar-refractivity contribution in [3.63, 3.8) is 0 Å². The molecule has 0 aliphatic heterocycles. The number of nitrogens with zero attached hydrogens (tertiary/aromatic N) is 1. The van der Waals surface area contributed by atoms with E-state index in [-0.39, 0.29) is 33.9 Å². The topological polar surface area (TPSA) is 148 Å². The van der Waals surface area contributed by atoms with Crippen LogP contribution in [0.2, 0.25) is 5.02 Å². The number of halogens is 1. The molecule has 0 saturated carbocycles. The fourth-order valence-corrected chi connectivity index (χ4v) is 3.43. The van der Waals surface area contributed by atoms with Crippen molar-refractivity contribution >= 4 is 46.7 Å². The third kappa shape index (κ3) is 6.90. The van der Waals surface area contributed by atoms with Gasteiger partial charge in [0.1, 0.15) is 6.04 Å². The molecule has 0 aliphatic rings. The molecule has 0 bridgehead atoms. The summed E-state index contributed by atoms with van der Waals surface area (Å²) in [4.78, 5) is 49.6. The van der Waals surface area contributed by atoms with E-state index in [2.05, 4.69) is 16.0 Å². The molecule has 0 spiro atoms. The van der Waals surface area contributed by atoms with E-state index in [1.54, 1.807) is 36.4 Å². The lowest BCUT2D eigenvalue weighted by molar-refractivity contribution is -0.137. The van der Waals surface area contributed by atoms with Gasteiger partial charge in [0.25, 0.3) is 0 Å². The van der Waals surface area contributed by atoms with Gasteiger partial charge in [0.15, 0.2) is 0 Å². The first-order valence-electron chi connectivity index (χ1n) is 10.3. The van der Waals surface area contributed by atoms with Gasteiger partial charge in [0, 0.05) is 17.1 Å². The minimum atomic E-state index is -1.23. The Morgan fingerprint density at radius 3 is 2.29 bits per heavy atom. The molecule has 0 radical (unpaired) electrons. The molecule has 9 nitrogen and oxygen atoms in total. The molecule has 3 amide bonds. The first kappa shape index (κ1) is 25.0. The number of carbonyl (C=O) groups is 4. The summed E-state index contributed by atoms with van der Waals surface area (Å²) in [5.41, 5.74) is 0.941. The molecule has 4 N–H and O–H groups in total. The minimum absolute atomic E-state index is 0.0384. The summed E-state index contributed by atoms with van der Waals surface area (Å²) in [5, 5.41) is 25.8. The molecule has 3 rings (SSSR count). The highest BCUT2D eigenvalue weighted by Gasteiger charge is 2.26. The Morgan fingerprint density at radius 1 is 0.914 bits per heavy atom. The molecule has 0 aromatic heterocycles. The normalized spacial score (nSPS) is 11.0. The first-order chi connectivity index (χ1) is 16.8. The number of carboxylic acid groups (broad SMARTS) is 1. The average Bonchev–Trinajstić information content (AvgIpc) is 2.83. The van der Waals surface area contributed by atoms with Gasteiger partial charge in [-0.2, -0.15) is 5.26 Å². The van der Waals surface area contributed by atoms with E-state index < -0.39 is 29.7 Å². The van der Waals surface area contributed by atoms with Gasteiger partial charge in [0.05, 0.1) is 22.9 Å². The Labute approximate surface area is 205 Å². The van der Waals surface area contributed by atoms with Crippen LogP contribution in [0.5, 0.6) is 0 Å². The minimum Gasteiger partial charge on any atom is -0.478 e. The number of benzene rings is 3. The summed E-state index contributed by atoms with van der Waals surface area (Å²) < 4.78 is 0. The highest BCUT2D eigenvalue weighted by atomic mass is 35.5. The maximum atomic E-state index is 13.0. The monoisotopic (exact) mass is 490 g/mol. The zero-order chi connectivity index (χ0) is 25.4. The van der Waals surface area contributed by atoms with Crippen LogP contribution in [0.25, 0.3) is 0 Å². The van der Waals surface area contributed by atoms with E-state index in [0.717, 1.165) is 0 Å². The number of aromatic carboxylic acids is 1. The number of para-hydroxylation sites is 1. The third-order valence-electron chi connectivity index (χ3n) is 4.81. The Morgan fingerprint density at radius 2 is 1.60 bits per heavy atom. The van der Waals surface area contributed by atoms with Gasteiger partial charge in [0.2, 0.25) is 5.91 Å². The lowest BCUT2D eigenvalue weighted by Crippen LogP contribution is -2.49. The zero-order valence-electron chi connectivity index (χ0n) is 18.1. The van der Waals surface area contributed by atoms with E-state index in [1.165, 1.54) is 36.4 Å². The Kier molecular flexibility index (Phi) is 8.16. The van der Waals surface area contributed by atoms with Gasteiger partial charge in [-0.1, -0.05) is 54.1 Å². The molecule has 0 fully saturated rings. The fourth-order valence-electron chi connectivity index (χ4n) is 3.20. The second-order valence-corrected chi connectivity index (χ2v) is 7.79. The number of carbonyl (C=O) groups excluding carboxylic acids is 3. The van der Waals surface area contributed by atoms with Gasteiger partial charge in [-0.15, -0.1) is 0 Å². The number of carboxylic acids is 1. The largest absolute Gasteiger partial charge is 0.478 e. The van der Waals surface area contributed by atoms with Gasteiger partial charge < -0.3 is 21.1 Å². The molecular formula is C25H19ClN4O5. The van der Waals surface area contributed by atoms with Crippen LogP contribution in [0.1, 0.15) is 21.5 Å². The molecular weight excluding hydrogens is 472 g/mol. The molecule has 1 atom stereocenters. The van der Waals surface area contributed by atoms with Crippen LogP contribution in [0, 0.1) is 11.3 Å². The SMILES string of the molecule is N#Cc1cc(Cl)cc(NC(=O)C(=O)NC(Cc2ccccc2)C(=O)Nc2ccccc2C(=O)O)c1. The summed E-state index contributed by atoms with van der Waals surface area (Å²) in [6, 6.07) is 19.4. The third-order valence-corrected chi connectivity index (χ3v) is 5.03. The smallest absolute Gasteiger partial charge is 0.337 e. The van der Waals surface area contributed by atoms with Crippen LogP contribution >= 0.6 is 11.6 Å². The molecule has 176 valence electrons.